The molecule has 1 aromatic carbocycles. The number of hydrogen-bond donors (Lipinski definition) is 3. The summed E-state index contributed by atoms with van der Waals surface area (Å²) in [7, 11) is 0. The Balaban J connectivity index is 1.30. The van der Waals surface area contributed by atoms with E-state index >= 15 is 0 Å². The van der Waals surface area contributed by atoms with Crippen LogP contribution in [0, 0.1) is 5.92 Å². The minimum absolute atomic E-state index is 0.0640. The predicted molar refractivity (Wildman–Crippen MR) is 120 cm³/mol. The fourth-order valence-corrected chi connectivity index (χ4v) is 3.70. The summed E-state index contributed by atoms with van der Waals surface area (Å²) in [6.45, 7) is 2.45. The van der Waals surface area contributed by atoms with Gasteiger partial charge in [-0.3, -0.25) is 24.5 Å². The van der Waals surface area contributed by atoms with Gasteiger partial charge in [-0.15, -0.1) is 0 Å². The van der Waals surface area contributed by atoms with E-state index < -0.39 is 0 Å². The molecule has 0 aliphatic carbocycles. The van der Waals surface area contributed by atoms with Gasteiger partial charge in [0.2, 0.25) is 11.8 Å². The summed E-state index contributed by atoms with van der Waals surface area (Å²) in [4.78, 5) is 42.3. The first-order valence-corrected chi connectivity index (χ1v) is 10.4. The summed E-state index contributed by atoms with van der Waals surface area (Å²) in [5, 5.41) is 12.6. The van der Waals surface area contributed by atoms with Crippen LogP contribution in [0.3, 0.4) is 0 Å². The standard InChI is InChI=1S/C23H24N6O3/c1-15(30)25-18-2-4-19(5-3-18)26-22(31)17-8-12-29(13-9-17)23(32)21-14-20(27-28-21)16-6-10-24-11-7-16/h2-7,10-11,14,17H,8-9,12-13H2,1H3,(H,25,30)(H,26,31)(H,27,28). The quantitative estimate of drug-likeness (QED) is 0.573. The molecule has 1 fully saturated rings. The van der Waals surface area contributed by atoms with Crippen molar-refractivity contribution in [3.05, 3.63) is 60.6 Å². The first kappa shape index (κ1) is 21.2. The molecule has 9 heteroatoms. The van der Waals surface area contributed by atoms with Crippen LogP contribution in [-0.2, 0) is 9.59 Å². The van der Waals surface area contributed by atoms with Crippen molar-refractivity contribution in [3.63, 3.8) is 0 Å². The number of amides is 3. The van der Waals surface area contributed by atoms with E-state index in [2.05, 4.69) is 25.8 Å². The second-order valence-corrected chi connectivity index (χ2v) is 7.72. The second kappa shape index (κ2) is 9.42. The third-order valence-electron chi connectivity index (χ3n) is 5.41. The minimum atomic E-state index is -0.164. The van der Waals surface area contributed by atoms with Crippen LogP contribution >= 0.6 is 0 Å². The molecule has 3 amide bonds. The molecule has 1 aliphatic rings. The number of anilines is 2. The molecule has 2 aromatic heterocycles. The van der Waals surface area contributed by atoms with Crippen molar-refractivity contribution in [2.45, 2.75) is 19.8 Å². The minimum Gasteiger partial charge on any atom is -0.337 e. The Bertz CT molecular complexity index is 1100. The summed E-state index contributed by atoms with van der Waals surface area (Å²) in [6, 6.07) is 12.4. The van der Waals surface area contributed by atoms with Crippen LogP contribution in [-0.4, -0.2) is 50.9 Å². The third-order valence-corrected chi connectivity index (χ3v) is 5.41. The highest BCUT2D eigenvalue weighted by Crippen LogP contribution is 2.23. The third kappa shape index (κ3) is 5.00. The Labute approximate surface area is 185 Å². The topological polar surface area (TPSA) is 120 Å². The first-order chi connectivity index (χ1) is 15.5. The van der Waals surface area contributed by atoms with Gasteiger partial charge in [-0.1, -0.05) is 0 Å². The Kier molecular flexibility index (Phi) is 6.25. The molecular formula is C23H24N6O3. The molecule has 32 heavy (non-hydrogen) atoms. The molecule has 3 N–H and O–H groups in total. The van der Waals surface area contributed by atoms with Crippen LogP contribution in [0.1, 0.15) is 30.3 Å². The molecule has 0 bridgehead atoms. The van der Waals surface area contributed by atoms with E-state index in [1.165, 1.54) is 6.92 Å². The average molecular weight is 432 g/mol. The number of hydrogen-bond acceptors (Lipinski definition) is 5. The first-order valence-electron chi connectivity index (χ1n) is 10.4. The lowest BCUT2D eigenvalue weighted by atomic mass is 9.95. The number of nitrogens with one attached hydrogen (secondary N) is 3. The zero-order valence-electron chi connectivity index (χ0n) is 17.7. The number of piperidine rings is 1. The highest BCUT2D eigenvalue weighted by Gasteiger charge is 2.28. The number of pyridine rings is 1. The van der Waals surface area contributed by atoms with Gasteiger partial charge in [0.1, 0.15) is 5.69 Å². The zero-order valence-corrected chi connectivity index (χ0v) is 17.7. The normalized spacial score (nSPS) is 14.1. The van der Waals surface area contributed by atoms with Crippen LogP contribution in [0.15, 0.2) is 54.9 Å². The summed E-state index contributed by atoms with van der Waals surface area (Å²) in [6.07, 6.45) is 4.54. The molecule has 0 unspecified atom stereocenters. The van der Waals surface area contributed by atoms with Crippen molar-refractivity contribution < 1.29 is 14.4 Å². The summed E-state index contributed by atoms with van der Waals surface area (Å²) >= 11 is 0. The van der Waals surface area contributed by atoms with Gasteiger partial charge in [-0.05, 0) is 55.3 Å². The van der Waals surface area contributed by atoms with Crippen molar-refractivity contribution in [2.75, 3.05) is 23.7 Å². The number of aromatic amines is 1. The van der Waals surface area contributed by atoms with E-state index in [4.69, 9.17) is 0 Å². The molecule has 164 valence electrons. The predicted octanol–water partition coefficient (Wildman–Crippen LogP) is 2.92. The van der Waals surface area contributed by atoms with Gasteiger partial charge in [0, 0.05) is 55.3 Å². The van der Waals surface area contributed by atoms with Crippen molar-refractivity contribution in [1.29, 1.82) is 0 Å². The number of nitrogens with zero attached hydrogens (tertiary/aromatic N) is 3. The number of aromatic nitrogens is 3. The number of H-pyrrole nitrogens is 1. The zero-order chi connectivity index (χ0) is 22.5. The molecule has 3 heterocycles. The maximum Gasteiger partial charge on any atom is 0.271 e. The molecule has 0 spiro atoms. The highest BCUT2D eigenvalue weighted by atomic mass is 16.2. The smallest absolute Gasteiger partial charge is 0.271 e. The van der Waals surface area contributed by atoms with Crippen LogP contribution < -0.4 is 10.6 Å². The van der Waals surface area contributed by atoms with Crippen molar-refractivity contribution in [1.82, 2.24) is 20.1 Å². The fraction of sp³-hybridized carbons (Fsp3) is 0.261. The second-order valence-electron chi connectivity index (χ2n) is 7.72. The number of carbonyl (C=O) groups excluding carboxylic acids is 3. The summed E-state index contributed by atoms with van der Waals surface area (Å²) in [5.74, 6) is -0.494. The summed E-state index contributed by atoms with van der Waals surface area (Å²) in [5.41, 5.74) is 3.35. The Morgan fingerprint density at radius 1 is 0.969 bits per heavy atom. The largest absolute Gasteiger partial charge is 0.337 e. The maximum atomic E-state index is 12.8. The van der Waals surface area contributed by atoms with Crippen molar-refractivity contribution in [2.24, 2.45) is 5.92 Å². The van der Waals surface area contributed by atoms with Gasteiger partial charge in [-0.2, -0.15) is 5.10 Å². The van der Waals surface area contributed by atoms with E-state index in [9.17, 15) is 14.4 Å². The van der Waals surface area contributed by atoms with Crippen molar-refractivity contribution >= 4 is 29.1 Å². The van der Waals surface area contributed by atoms with Gasteiger partial charge >= 0.3 is 0 Å². The van der Waals surface area contributed by atoms with Crippen LogP contribution in [0.5, 0.6) is 0 Å². The molecule has 9 nitrogen and oxygen atoms in total. The van der Waals surface area contributed by atoms with E-state index in [1.807, 2.05) is 12.1 Å². The van der Waals surface area contributed by atoms with Gasteiger partial charge in [0.05, 0.1) is 5.69 Å². The van der Waals surface area contributed by atoms with Crippen molar-refractivity contribution in [3.8, 4) is 11.3 Å². The van der Waals surface area contributed by atoms with Gasteiger partial charge in [-0.25, -0.2) is 0 Å². The molecule has 0 atom stereocenters. The van der Waals surface area contributed by atoms with E-state index in [1.54, 1.807) is 47.6 Å². The lowest BCUT2D eigenvalue weighted by molar-refractivity contribution is -0.121. The Morgan fingerprint density at radius 2 is 1.59 bits per heavy atom. The average Bonchev–Trinajstić information content (AvgIpc) is 3.31. The molecule has 3 aromatic rings. The molecule has 4 rings (SSSR count). The molecule has 1 saturated heterocycles. The Morgan fingerprint density at radius 3 is 2.22 bits per heavy atom. The number of benzene rings is 1. The number of likely N-dealkylation sites (tertiary alicyclic amines) is 1. The van der Waals surface area contributed by atoms with Crippen LogP contribution in [0.25, 0.3) is 11.3 Å². The monoisotopic (exact) mass is 432 g/mol. The van der Waals surface area contributed by atoms with E-state index in [-0.39, 0.29) is 23.6 Å². The molecule has 1 aliphatic heterocycles. The van der Waals surface area contributed by atoms with E-state index in [0.29, 0.717) is 48.7 Å². The van der Waals surface area contributed by atoms with Crippen LogP contribution in [0.2, 0.25) is 0 Å². The van der Waals surface area contributed by atoms with Gasteiger partial charge in [0.25, 0.3) is 5.91 Å². The molecule has 0 saturated carbocycles. The lowest BCUT2D eigenvalue weighted by Gasteiger charge is -2.31. The van der Waals surface area contributed by atoms with Gasteiger partial charge in [0.15, 0.2) is 0 Å². The molecular weight excluding hydrogens is 408 g/mol. The number of rotatable bonds is 5. The fourth-order valence-electron chi connectivity index (χ4n) is 3.70. The number of carbonyl (C=O) groups is 3. The Hall–Kier alpha value is -4.01. The summed E-state index contributed by atoms with van der Waals surface area (Å²) < 4.78 is 0. The van der Waals surface area contributed by atoms with E-state index in [0.717, 1.165) is 5.56 Å². The SMILES string of the molecule is CC(=O)Nc1ccc(NC(=O)C2CCN(C(=O)c3cc(-c4ccncc4)n[nH]3)CC2)cc1. The lowest BCUT2D eigenvalue weighted by Crippen LogP contribution is -2.41. The van der Waals surface area contributed by atoms with Crippen LogP contribution in [0.4, 0.5) is 11.4 Å². The molecule has 0 radical (unpaired) electrons. The van der Waals surface area contributed by atoms with Gasteiger partial charge < -0.3 is 15.5 Å². The highest BCUT2D eigenvalue weighted by molar-refractivity contribution is 5.95. The maximum absolute atomic E-state index is 12.8.